The molecule has 0 saturated carbocycles. The number of fused-ring (bicyclic) bond motifs is 1. The number of carbonyl (C=O) groups is 1. The van der Waals surface area contributed by atoms with Crippen molar-refractivity contribution in [2.45, 2.75) is 19.3 Å². The molecule has 0 spiro atoms. The van der Waals surface area contributed by atoms with E-state index in [0.29, 0.717) is 6.42 Å². The number of carbonyl (C=O) groups excluding carboxylic acids is 1. The van der Waals surface area contributed by atoms with Gasteiger partial charge in [0.15, 0.2) is 0 Å². The molecule has 0 unspecified atom stereocenters. The Morgan fingerprint density at radius 1 is 1.00 bits per heavy atom. The minimum absolute atomic E-state index is 0.0292. The number of rotatable bonds is 6. The number of H-pyrrole nitrogens is 1. The Bertz CT molecular complexity index is 1090. The van der Waals surface area contributed by atoms with Crippen LogP contribution in [-0.4, -0.2) is 15.9 Å². The predicted octanol–water partition coefficient (Wildman–Crippen LogP) is 5.95. The minimum atomic E-state index is 0.0292. The lowest BCUT2D eigenvalue weighted by molar-refractivity contribution is -0.116. The molecule has 0 fully saturated rings. The molecule has 0 atom stereocenters. The number of halogens is 1. The fraction of sp³-hybridized carbons (Fsp3) is 0.130. The molecule has 2 aromatic carbocycles. The van der Waals surface area contributed by atoms with Crippen molar-refractivity contribution in [3.63, 3.8) is 0 Å². The number of nitrogens with one attached hydrogen (secondary N) is 2. The molecule has 0 saturated heterocycles. The number of aromatic amines is 1. The third-order valence-corrected chi connectivity index (χ3v) is 5.22. The van der Waals surface area contributed by atoms with Crippen LogP contribution in [0.3, 0.4) is 0 Å². The molecular formula is C23H20BrN3O. The number of para-hydroxylation sites is 1. The van der Waals surface area contributed by atoms with E-state index < -0.39 is 0 Å². The molecule has 0 bridgehead atoms. The van der Waals surface area contributed by atoms with Crippen LogP contribution in [0.1, 0.15) is 18.4 Å². The second kappa shape index (κ2) is 8.40. The second-order valence-corrected chi connectivity index (χ2v) is 7.56. The Morgan fingerprint density at radius 3 is 2.57 bits per heavy atom. The molecular weight excluding hydrogens is 414 g/mol. The highest BCUT2D eigenvalue weighted by Crippen LogP contribution is 2.30. The Labute approximate surface area is 172 Å². The van der Waals surface area contributed by atoms with E-state index in [1.165, 1.54) is 10.9 Å². The molecule has 0 aliphatic carbocycles. The van der Waals surface area contributed by atoms with Gasteiger partial charge in [-0.25, -0.2) is 0 Å². The molecule has 2 N–H and O–H groups in total. The fourth-order valence-corrected chi connectivity index (χ4v) is 3.64. The van der Waals surface area contributed by atoms with Gasteiger partial charge in [-0.2, -0.15) is 0 Å². The number of hydrogen-bond donors (Lipinski definition) is 2. The summed E-state index contributed by atoms with van der Waals surface area (Å²) >= 11 is 3.40. The summed E-state index contributed by atoms with van der Waals surface area (Å²) in [6.07, 6.45) is 3.85. The van der Waals surface area contributed by atoms with Crippen molar-refractivity contribution in [1.29, 1.82) is 0 Å². The van der Waals surface area contributed by atoms with Crippen LogP contribution in [0.2, 0.25) is 0 Å². The second-order valence-electron chi connectivity index (χ2n) is 6.65. The Kier molecular flexibility index (Phi) is 5.53. The first-order valence-electron chi connectivity index (χ1n) is 9.27. The van der Waals surface area contributed by atoms with Crippen molar-refractivity contribution in [3.8, 4) is 11.4 Å². The highest BCUT2D eigenvalue weighted by Gasteiger charge is 2.14. The maximum absolute atomic E-state index is 12.3. The molecule has 28 heavy (non-hydrogen) atoms. The first kappa shape index (κ1) is 18.4. The minimum Gasteiger partial charge on any atom is -0.353 e. The SMILES string of the molecule is O=C(CCCc1c(-c2ccccn2)[nH]c2ccccc12)Nc1ccc(Br)cc1. The lowest BCUT2D eigenvalue weighted by Gasteiger charge is -2.07. The van der Waals surface area contributed by atoms with E-state index in [4.69, 9.17) is 0 Å². The molecule has 1 amide bonds. The number of anilines is 1. The highest BCUT2D eigenvalue weighted by molar-refractivity contribution is 9.10. The van der Waals surface area contributed by atoms with E-state index in [9.17, 15) is 4.79 Å². The van der Waals surface area contributed by atoms with Crippen molar-refractivity contribution in [1.82, 2.24) is 9.97 Å². The molecule has 2 heterocycles. The Hall–Kier alpha value is -2.92. The molecule has 4 rings (SSSR count). The van der Waals surface area contributed by atoms with E-state index in [-0.39, 0.29) is 5.91 Å². The highest BCUT2D eigenvalue weighted by atomic mass is 79.9. The van der Waals surface area contributed by atoms with Gasteiger partial charge in [0, 0.05) is 33.7 Å². The summed E-state index contributed by atoms with van der Waals surface area (Å²) in [6.45, 7) is 0. The normalized spacial score (nSPS) is 10.9. The number of hydrogen-bond acceptors (Lipinski definition) is 2. The fourth-order valence-electron chi connectivity index (χ4n) is 3.37. The van der Waals surface area contributed by atoms with Gasteiger partial charge < -0.3 is 10.3 Å². The first-order valence-corrected chi connectivity index (χ1v) is 10.1. The van der Waals surface area contributed by atoms with Crippen LogP contribution in [0.5, 0.6) is 0 Å². The van der Waals surface area contributed by atoms with Gasteiger partial charge in [-0.05, 0) is 60.9 Å². The van der Waals surface area contributed by atoms with Gasteiger partial charge in [0.2, 0.25) is 5.91 Å². The predicted molar refractivity (Wildman–Crippen MR) is 117 cm³/mol. The summed E-state index contributed by atoms with van der Waals surface area (Å²) in [5.41, 5.74) is 5.08. The quantitative estimate of drug-likeness (QED) is 0.394. The number of pyridine rings is 1. The van der Waals surface area contributed by atoms with Crippen LogP contribution in [0.15, 0.2) is 77.4 Å². The molecule has 0 radical (unpaired) electrons. The Morgan fingerprint density at radius 2 is 1.79 bits per heavy atom. The summed E-state index contributed by atoms with van der Waals surface area (Å²) in [6, 6.07) is 21.8. The van der Waals surface area contributed by atoms with Crippen molar-refractivity contribution in [2.75, 3.05) is 5.32 Å². The molecule has 5 heteroatoms. The van der Waals surface area contributed by atoms with E-state index >= 15 is 0 Å². The third-order valence-electron chi connectivity index (χ3n) is 4.69. The van der Waals surface area contributed by atoms with Gasteiger partial charge >= 0.3 is 0 Å². The van der Waals surface area contributed by atoms with E-state index in [1.54, 1.807) is 6.20 Å². The number of aryl methyl sites for hydroxylation is 1. The van der Waals surface area contributed by atoms with Gasteiger partial charge in [0.05, 0.1) is 11.4 Å². The van der Waals surface area contributed by atoms with Crippen molar-refractivity contribution >= 4 is 38.4 Å². The average Bonchev–Trinajstić information content (AvgIpc) is 3.09. The molecule has 2 aromatic heterocycles. The molecule has 0 aliphatic heterocycles. The van der Waals surface area contributed by atoms with Crippen LogP contribution in [-0.2, 0) is 11.2 Å². The van der Waals surface area contributed by atoms with Crippen molar-refractivity contribution in [2.24, 2.45) is 0 Å². The topological polar surface area (TPSA) is 57.8 Å². The average molecular weight is 434 g/mol. The molecule has 140 valence electrons. The summed E-state index contributed by atoms with van der Waals surface area (Å²) in [7, 11) is 0. The van der Waals surface area contributed by atoms with Gasteiger partial charge in [-0.1, -0.05) is 40.2 Å². The number of aromatic nitrogens is 2. The van der Waals surface area contributed by atoms with Gasteiger partial charge in [-0.15, -0.1) is 0 Å². The van der Waals surface area contributed by atoms with Crippen LogP contribution in [0.4, 0.5) is 5.69 Å². The summed E-state index contributed by atoms with van der Waals surface area (Å²) in [5, 5.41) is 4.14. The van der Waals surface area contributed by atoms with Crippen LogP contribution >= 0.6 is 15.9 Å². The maximum Gasteiger partial charge on any atom is 0.224 e. The smallest absolute Gasteiger partial charge is 0.224 e. The summed E-state index contributed by atoms with van der Waals surface area (Å²) < 4.78 is 0.992. The lowest BCUT2D eigenvalue weighted by Crippen LogP contribution is -2.11. The van der Waals surface area contributed by atoms with E-state index in [2.05, 4.69) is 43.3 Å². The molecule has 0 aliphatic rings. The summed E-state index contributed by atoms with van der Waals surface area (Å²) in [4.78, 5) is 20.3. The van der Waals surface area contributed by atoms with E-state index in [0.717, 1.165) is 39.9 Å². The standard InChI is InChI=1S/C23H20BrN3O/c24-16-11-13-17(14-12-16)26-22(28)10-5-7-19-18-6-1-2-8-20(18)27-23(19)21-9-3-4-15-25-21/h1-4,6,8-9,11-15,27H,5,7,10H2,(H,26,28). The van der Waals surface area contributed by atoms with E-state index in [1.807, 2.05) is 54.6 Å². The van der Waals surface area contributed by atoms with Gasteiger partial charge in [0.25, 0.3) is 0 Å². The van der Waals surface area contributed by atoms with Gasteiger partial charge in [0.1, 0.15) is 0 Å². The third kappa shape index (κ3) is 4.15. The van der Waals surface area contributed by atoms with Crippen LogP contribution in [0.25, 0.3) is 22.3 Å². The van der Waals surface area contributed by atoms with Crippen LogP contribution < -0.4 is 5.32 Å². The monoisotopic (exact) mass is 433 g/mol. The zero-order valence-corrected chi connectivity index (χ0v) is 16.9. The molecule has 4 nitrogen and oxygen atoms in total. The molecule has 4 aromatic rings. The zero-order chi connectivity index (χ0) is 19.3. The largest absolute Gasteiger partial charge is 0.353 e. The van der Waals surface area contributed by atoms with Crippen LogP contribution in [0, 0.1) is 0 Å². The van der Waals surface area contributed by atoms with Gasteiger partial charge in [-0.3, -0.25) is 9.78 Å². The van der Waals surface area contributed by atoms with Crippen molar-refractivity contribution < 1.29 is 4.79 Å². The first-order chi connectivity index (χ1) is 13.7. The number of nitrogens with zero attached hydrogens (tertiary/aromatic N) is 1. The van der Waals surface area contributed by atoms with Crippen molar-refractivity contribution in [3.05, 3.63) is 83.0 Å². The maximum atomic E-state index is 12.3. The Balaban J connectivity index is 1.48. The number of amides is 1. The number of benzene rings is 2. The lowest BCUT2D eigenvalue weighted by atomic mass is 10.0. The zero-order valence-electron chi connectivity index (χ0n) is 15.3. The summed E-state index contributed by atoms with van der Waals surface area (Å²) in [5.74, 6) is 0.0292.